The van der Waals surface area contributed by atoms with Gasteiger partial charge in [-0.3, -0.25) is 4.72 Å². The summed E-state index contributed by atoms with van der Waals surface area (Å²) < 4.78 is 39.8. The zero-order valence-electron chi connectivity index (χ0n) is 9.40. The summed E-state index contributed by atoms with van der Waals surface area (Å²) in [6.45, 7) is 0. The molecule has 0 aliphatic rings. The van der Waals surface area contributed by atoms with Crippen LogP contribution in [0.3, 0.4) is 0 Å². The van der Waals surface area contributed by atoms with Gasteiger partial charge in [0.25, 0.3) is 10.0 Å². The Bertz CT molecular complexity index is 721. The molecule has 0 aliphatic heterocycles. The van der Waals surface area contributed by atoms with Crippen molar-refractivity contribution >= 4 is 43.2 Å². The first-order valence-corrected chi connectivity index (χ1v) is 7.78. The molecule has 2 aromatic carbocycles. The summed E-state index contributed by atoms with van der Waals surface area (Å²) in [4.78, 5) is -0.0613. The fourth-order valence-corrected chi connectivity index (χ4v) is 3.81. The number of sulfonamides is 1. The molecule has 0 bridgehead atoms. The molecule has 2 aromatic rings. The van der Waals surface area contributed by atoms with Crippen LogP contribution < -0.4 is 4.72 Å². The van der Waals surface area contributed by atoms with E-state index in [4.69, 9.17) is 11.6 Å². The van der Waals surface area contributed by atoms with Crippen LogP contribution in [0.2, 0.25) is 5.02 Å². The molecule has 0 atom stereocenters. The fourth-order valence-electron chi connectivity index (χ4n) is 1.44. The molecule has 0 amide bonds. The molecule has 3 nitrogen and oxygen atoms in total. The Morgan fingerprint density at radius 1 is 1.16 bits per heavy atom. The van der Waals surface area contributed by atoms with E-state index in [1.165, 1.54) is 12.1 Å². The van der Waals surface area contributed by atoms with Crippen molar-refractivity contribution < 1.29 is 12.8 Å². The van der Waals surface area contributed by atoms with Gasteiger partial charge in [0.1, 0.15) is 10.7 Å². The van der Waals surface area contributed by atoms with Gasteiger partial charge in [-0.05, 0) is 46.3 Å². The lowest BCUT2D eigenvalue weighted by atomic mass is 10.3. The van der Waals surface area contributed by atoms with Crippen molar-refractivity contribution in [2.24, 2.45) is 0 Å². The Morgan fingerprint density at radius 2 is 1.84 bits per heavy atom. The average molecular weight is 365 g/mol. The van der Waals surface area contributed by atoms with Crippen molar-refractivity contribution in [3.63, 3.8) is 0 Å². The highest BCUT2D eigenvalue weighted by molar-refractivity contribution is 9.10. The van der Waals surface area contributed by atoms with Gasteiger partial charge in [0, 0.05) is 4.47 Å². The number of benzene rings is 2. The van der Waals surface area contributed by atoms with E-state index in [1.54, 1.807) is 18.2 Å². The van der Waals surface area contributed by atoms with Gasteiger partial charge in [0.2, 0.25) is 0 Å². The lowest BCUT2D eigenvalue weighted by Crippen LogP contribution is -2.13. The molecule has 0 aliphatic carbocycles. The van der Waals surface area contributed by atoms with E-state index in [2.05, 4.69) is 20.7 Å². The molecular formula is C12H8BrClFNO2S. The first kappa shape index (κ1) is 14.3. The number of para-hydroxylation sites is 1. The van der Waals surface area contributed by atoms with Gasteiger partial charge in [-0.25, -0.2) is 12.8 Å². The van der Waals surface area contributed by atoms with Gasteiger partial charge in [0.15, 0.2) is 0 Å². The van der Waals surface area contributed by atoms with Gasteiger partial charge < -0.3 is 0 Å². The van der Waals surface area contributed by atoms with Crippen molar-refractivity contribution in [2.45, 2.75) is 4.90 Å². The van der Waals surface area contributed by atoms with E-state index < -0.39 is 15.8 Å². The molecule has 0 heterocycles. The van der Waals surface area contributed by atoms with Crippen LogP contribution in [0.1, 0.15) is 0 Å². The first-order valence-electron chi connectivity index (χ1n) is 5.12. The molecular weight excluding hydrogens is 357 g/mol. The highest BCUT2D eigenvalue weighted by Crippen LogP contribution is 2.27. The molecule has 0 unspecified atom stereocenters. The summed E-state index contributed by atoms with van der Waals surface area (Å²) in [7, 11) is -3.83. The number of halogens is 3. The Kier molecular flexibility index (Phi) is 4.13. The van der Waals surface area contributed by atoms with E-state index in [1.807, 2.05) is 0 Å². The van der Waals surface area contributed by atoms with E-state index in [-0.39, 0.29) is 20.1 Å². The van der Waals surface area contributed by atoms with Crippen LogP contribution in [0, 0.1) is 5.82 Å². The van der Waals surface area contributed by atoms with Crippen LogP contribution in [0.25, 0.3) is 0 Å². The normalized spacial score (nSPS) is 11.3. The summed E-state index contributed by atoms with van der Waals surface area (Å²) in [5, 5.41) is 0.282. The fraction of sp³-hybridized carbons (Fsp3) is 0. The molecule has 7 heteroatoms. The molecule has 100 valence electrons. The Balaban J connectivity index is 2.41. The van der Waals surface area contributed by atoms with Crippen molar-refractivity contribution in [1.82, 2.24) is 0 Å². The largest absolute Gasteiger partial charge is 0.278 e. The third-order valence-corrected chi connectivity index (χ3v) is 4.97. The highest BCUT2D eigenvalue weighted by atomic mass is 79.9. The molecule has 1 N–H and O–H groups in total. The van der Waals surface area contributed by atoms with Crippen LogP contribution in [0.15, 0.2) is 51.8 Å². The van der Waals surface area contributed by atoms with Gasteiger partial charge in [-0.15, -0.1) is 0 Å². The summed E-state index contributed by atoms with van der Waals surface area (Å²) in [5.41, 5.74) is 0.264. The van der Waals surface area contributed by atoms with Crippen LogP contribution in [0.5, 0.6) is 0 Å². The molecule has 0 fully saturated rings. The van der Waals surface area contributed by atoms with E-state index >= 15 is 0 Å². The van der Waals surface area contributed by atoms with E-state index in [0.29, 0.717) is 0 Å². The Morgan fingerprint density at radius 3 is 2.47 bits per heavy atom. The predicted molar refractivity (Wildman–Crippen MR) is 76.4 cm³/mol. The van der Waals surface area contributed by atoms with Gasteiger partial charge in [-0.1, -0.05) is 23.7 Å². The monoisotopic (exact) mass is 363 g/mol. The van der Waals surface area contributed by atoms with Crippen LogP contribution in [-0.4, -0.2) is 8.42 Å². The highest BCUT2D eigenvalue weighted by Gasteiger charge is 2.19. The molecule has 0 aromatic heterocycles. The van der Waals surface area contributed by atoms with Gasteiger partial charge in [0.05, 0.1) is 10.7 Å². The first-order chi connectivity index (χ1) is 8.90. The smallest absolute Gasteiger partial charge is 0.263 e. The standard InChI is InChI=1S/C12H8BrClFNO2S/c13-9-7-8(15)5-6-12(9)19(17,18)16-11-4-2-1-3-10(11)14/h1-7,16H. The number of anilines is 1. The quantitative estimate of drug-likeness (QED) is 0.893. The molecule has 0 saturated carbocycles. The van der Waals surface area contributed by atoms with Crippen LogP contribution in [0.4, 0.5) is 10.1 Å². The molecule has 0 radical (unpaired) electrons. The summed E-state index contributed by atoms with van der Waals surface area (Å²) in [6.07, 6.45) is 0. The second kappa shape index (κ2) is 5.48. The number of hydrogen-bond donors (Lipinski definition) is 1. The van der Waals surface area contributed by atoms with Gasteiger partial charge in [-0.2, -0.15) is 0 Å². The van der Waals surface area contributed by atoms with Crippen molar-refractivity contribution in [2.75, 3.05) is 4.72 Å². The predicted octanol–water partition coefficient (Wildman–Crippen LogP) is 4.04. The second-order valence-electron chi connectivity index (χ2n) is 3.66. The minimum Gasteiger partial charge on any atom is -0.278 e. The lowest BCUT2D eigenvalue weighted by Gasteiger charge is -2.10. The van der Waals surface area contributed by atoms with Gasteiger partial charge >= 0.3 is 0 Å². The zero-order valence-corrected chi connectivity index (χ0v) is 12.6. The summed E-state index contributed by atoms with van der Waals surface area (Å²) in [5.74, 6) is -0.524. The third-order valence-electron chi connectivity index (χ3n) is 2.30. The summed E-state index contributed by atoms with van der Waals surface area (Å²) >= 11 is 8.91. The van der Waals surface area contributed by atoms with Crippen LogP contribution >= 0.6 is 27.5 Å². The topological polar surface area (TPSA) is 46.2 Å². The third kappa shape index (κ3) is 3.26. The lowest BCUT2D eigenvalue weighted by molar-refractivity contribution is 0.599. The van der Waals surface area contributed by atoms with Crippen LogP contribution in [-0.2, 0) is 10.0 Å². The van der Waals surface area contributed by atoms with Crippen molar-refractivity contribution in [1.29, 1.82) is 0 Å². The number of hydrogen-bond acceptors (Lipinski definition) is 2. The Labute approximate surface area is 123 Å². The molecule has 2 rings (SSSR count). The van der Waals surface area contributed by atoms with E-state index in [0.717, 1.165) is 12.1 Å². The SMILES string of the molecule is O=S(=O)(Nc1ccccc1Cl)c1ccc(F)cc1Br. The second-order valence-corrected chi connectivity index (χ2v) is 6.57. The summed E-state index contributed by atoms with van der Waals surface area (Å²) in [6, 6.07) is 9.79. The van der Waals surface area contributed by atoms with E-state index in [9.17, 15) is 12.8 Å². The van der Waals surface area contributed by atoms with Crippen molar-refractivity contribution in [3.8, 4) is 0 Å². The minimum absolute atomic E-state index is 0.0613. The average Bonchev–Trinajstić information content (AvgIpc) is 2.31. The number of rotatable bonds is 3. The Hall–Kier alpha value is -1.11. The maximum atomic E-state index is 13.0. The molecule has 0 saturated heterocycles. The maximum absolute atomic E-state index is 13.0. The maximum Gasteiger partial charge on any atom is 0.263 e. The molecule has 19 heavy (non-hydrogen) atoms. The minimum atomic E-state index is -3.83. The van der Waals surface area contributed by atoms with Crippen molar-refractivity contribution in [3.05, 3.63) is 57.8 Å². The number of nitrogens with one attached hydrogen (secondary N) is 1. The zero-order chi connectivity index (χ0) is 14.0. The molecule has 0 spiro atoms.